The first kappa shape index (κ1) is 21.9. The molecule has 8 nitrogen and oxygen atoms in total. The zero-order chi connectivity index (χ0) is 23.1. The van der Waals surface area contributed by atoms with Gasteiger partial charge in [-0.2, -0.15) is 0 Å². The number of aromatic amines is 1. The maximum Gasteiger partial charge on any atom is 0.179 e. The summed E-state index contributed by atoms with van der Waals surface area (Å²) < 4.78 is 0. The second kappa shape index (κ2) is 9.24. The summed E-state index contributed by atoms with van der Waals surface area (Å²) in [4.78, 5) is 22.5. The number of nitrogens with one attached hydrogen (secondary N) is 3. The van der Waals surface area contributed by atoms with E-state index in [0.717, 1.165) is 49.5 Å². The Morgan fingerprint density at radius 1 is 1.09 bits per heavy atom. The number of hydrazine groups is 1. The fourth-order valence-corrected chi connectivity index (χ4v) is 6.27. The fourth-order valence-electron chi connectivity index (χ4n) is 6.27. The standard InChI is InChI=1S/C26H36N8/c1-33(2)16-17-12-19(15-27-14-17)18-6-7-21-20(13-18)23(32-31-21)26-29-24-22(8-9-28-25(24)30-26)34-10-4-3-5-11-34/h8-9,12,14-15,18,20-21,23,31-32H,3-7,10-11,13,16H2,1-2H3,(H,28,29,30). The third-order valence-electron chi connectivity index (χ3n) is 7.92. The molecule has 3 aliphatic rings. The Hall–Kier alpha value is -2.55. The molecule has 0 spiro atoms. The minimum atomic E-state index is 0.161. The number of rotatable bonds is 5. The summed E-state index contributed by atoms with van der Waals surface area (Å²) in [6, 6.07) is 5.14. The highest BCUT2D eigenvalue weighted by molar-refractivity contribution is 5.86. The number of nitrogens with zero attached hydrogens (tertiary/aromatic N) is 5. The molecule has 4 unspecified atom stereocenters. The van der Waals surface area contributed by atoms with Crippen molar-refractivity contribution in [2.75, 3.05) is 32.1 Å². The third kappa shape index (κ3) is 4.19. The molecule has 0 bridgehead atoms. The van der Waals surface area contributed by atoms with Crippen molar-refractivity contribution in [2.45, 2.75) is 63.1 Å². The van der Waals surface area contributed by atoms with E-state index >= 15 is 0 Å². The molecule has 5 heterocycles. The van der Waals surface area contributed by atoms with Crippen molar-refractivity contribution in [1.82, 2.24) is 35.7 Å². The van der Waals surface area contributed by atoms with Crippen molar-refractivity contribution in [2.24, 2.45) is 5.92 Å². The van der Waals surface area contributed by atoms with Crippen LogP contribution in [-0.4, -0.2) is 58.1 Å². The molecular formula is C26H36N8. The summed E-state index contributed by atoms with van der Waals surface area (Å²) in [7, 11) is 4.22. The smallest absolute Gasteiger partial charge is 0.179 e. The predicted molar refractivity (Wildman–Crippen MR) is 134 cm³/mol. The second-order valence-electron chi connectivity index (χ2n) is 10.6. The molecule has 34 heavy (non-hydrogen) atoms. The van der Waals surface area contributed by atoms with E-state index in [0.29, 0.717) is 17.9 Å². The van der Waals surface area contributed by atoms with Gasteiger partial charge in [-0.25, -0.2) is 15.4 Å². The average molecular weight is 461 g/mol. The van der Waals surface area contributed by atoms with Crippen LogP contribution in [-0.2, 0) is 6.54 Å². The molecule has 4 atom stereocenters. The van der Waals surface area contributed by atoms with E-state index in [4.69, 9.17) is 4.98 Å². The predicted octanol–water partition coefficient (Wildman–Crippen LogP) is 3.51. The molecule has 1 aliphatic carbocycles. The van der Waals surface area contributed by atoms with Crippen molar-refractivity contribution < 1.29 is 0 Å². The minimum absolute atomic E-state index is 0.161. The maximum absolute atomic E-state index is 4.97. The van der Waals surface area contributed by atoms with Crippen LogP contribution >= 0.6 is 0 Å². The number of hydrogen-bond acceptors (Lipinski definition) is 7. The van der Waals surface area contributed by atoms with Gasteiger partial charge < -0.3 is 14.8 Å². The molecule has 3 fully saturated rings. The van der Waals surface area contributed by atoms with Gasteiger partial charge in [0.2, 0.25) is 0 Å². The number of imidazole rings is 1. The van der Waals surface area contributed by atoms with Gasteiger partial charge in [-0.1, -0.05) is 6.07 Å². The maximum atomic E-state index is 4.97. The van der Waals surface area contributed by atoms with E-state index in [9.17, 15) is 0 Å². The average Bonchev–Trinajstić information content (AvgIpc) is 3.48. The number of fused-ring (bicyclic) bond motifs is 2. The first-order valence-corrected chi connectivity index (χ1v) is 12.8. The Balaban J connectivity index is 1.25. The zero-order valence-corrected chi connectivity index (χ0v) is 20.3. The summed E-state index contributed by atoms with van der Waals surface area (Å²) in [6.45, 7) is 3.16. The van der Waals surface area contributed by atoms with Gasteiger partial charge in [0.25, 0.3) is 0 Å². The highest BCUT2D eigenvalue weighted by atomic mass is 15.4. The van der Waals surface area contributed by atoms with E-state index < -0.39 is 0 Å². The highest BCUT2D eigenvalue weighted by Gasteiger charge is 2.42. The van der Waals surface area contributed by atoms with Gasteiger partial charge in [-0.15, -0.1) is 0 Å². The lowest BCUT2D eigenvalue weighted by Crippen LogP contribution is -2.34. The molecule has 3 aromatic heterocycles. The Kier molecular flexibility index (Phi) is 5.97. The second-order valence-corrected chi connectivity index (χ2v) is 10.6. The summed E-state index contributed by atoms with van der Waals surface area (Å²) in [5, 5.41) is 0. The van der Waals surface area contributed by atoms with Gasteiger partial charge in [0.15, 0.2) is 5.65 Å². The number of aromatic nitrogens is 4. The normalized spacial score (nSPS) is 27.4. The Bertz CT molecular complexity index is 1130. The number of hydrogen-bond donors (Lipinski definition) is 3. The minimum Gasteiger partial charge on any atom is -0.370 e. The number of H-pyrrole nitrogens is 1. The van der Waals surface area contributed by atoms with Crippen molar-refractivity contribution in [3.8, 4) is 0 Å². The monoisotopic (exact) mass is 460 g/mol. The van der Waals surface area contributed by atoms with Gasteiger partial charge in [0, 0.05) is 44.3 Å². The van der Waals surface area contributed by atoms with Crippen LogP contribution in [0.15, 0.2) is 30.7 Å². The van der Waals surface area contributed by atoms with Crippen LogP contribution in [0.4, 0.5) is 5.69 Å². The Labute approximate surface area is 201 Å². The summed E-state index contributed by atoms with van der Waals surface area (Å²) in [6.07, 6.45) is 13.3. The Morgan fingerprint density at radius 2 is 1.97 bits per heavy atom. The summed E-state index contributed by atoms with van der Waals surface area (Å²) in [5.41, 5.74) is 13.0. The van der Waals surface area contributed by atoms with Crippen LogP contribution in [0.3, 0.4) is 0 Å². The molecule has 3 N–H and O–H groups in total. The lowest BCUT2D eigenvalue weighted by atomic mass is 9.73. The number of anilines is 1. The van der Waals surface area contributed by atoms with Crippen LogP contribution in [0, 0.1) is 5.92 Å². The first-order valence-electron chi connectivity index (χ1n) is 12.8. The lowest BCUT2D eigenvalue weighted by Gasteiger charge is -2.33. The molecular weight excluding hydrogens is 424 g/mol. The molecule has 2 aliphatic heterocycles. The van der Waals surface area contributed by atoms with E-state index in [-0.39, 0.29) is 6.04 Å². The van der Waals surface area contributed by atoms with Gasteiger partial charge in [-0.05, 0) is 81.6 Å². The van der Waals surface area contributed by atoms with Gasteiger partial charge in [-0.3, -0.25) is 10.4 Å². The molecule has 3 aromatic rings. The molecule has 2 saturated heterocycles. The zero-order valence-electron chi connectivity index (χ0n) is 20.3. The molecule has 1 saturated carbocycles. The van der Waals surface area contributed by atoms with Crippen LogP contribution in [0.2, 0.25) is 0 Å². The molecule has 0 radical (unpaired) electrons. The first-order chi connectivity index (χ1) is 16.7. The third-order valence-corrected chi connectivity index (χ3v) is 7.92. The van der Waals surface area contributed by atoms with E-state index in [1.165, 1.54) is 42.5 Å². The van der Waals surface area contributed by atoms with Crippen molar-refractivity contribution in [1.29, 1.82) is 0 Å². The number of piperidine rings is 1. The van der Waals surface area contributed by atoms with E-state index in [1.54, 1.807) is 0 Å². The van der Waals surface area contributed by atoms with Crippen molar-refractivity contribution >= 4 is 16.9 Å². The quantitative estimate of drug-likeness (QED) is 0.537. The number of pyridine rings is 2. The SMILES string of the molecule is CN(C)Cc1cncc(C2CCC3NNC(c4nc5nccc(N6CCCCC6)c5[nH]4)C3C2)c1. The molecule has 0 aromatic carbocycles. The molecule has 6 rings (SSSR count). The van der Waals surface area contributed by atoms with Gasteiger partial charge in [0.05, 0.1) is 11.7 Å². The van der Waals surface area contributed by atoms with Crippen LogP contribution < -0.4 is 15.8 Å². The van der Waals surface area contributed by atoms with Gasteiger partial charge in [0.1, 0.15) is 11.3 Å². The van der Waals surface area contributed by atoms with Crippen LogP contribution in [0.5, 0.6) is 0 Å². The Morgan fingerprint density at radius 3 is 2.82 bits per heavy atom. The highest BCUT2D eigenvalue weighted by Crippen LogP contribution is 2.44. The summed E-state index contributed by atoms with van der Waals surface area (Å²) in [5.74, 6) is 2.02. The van der Waals surface area contributed by atoms with Crippen LogP contribution in [0.25, 0.3) is 11.2 Å². The molecule has 8 heteroatoms. The largest absolute Gasteiger partial charge is 0.370 e. The molecule has 0 amide bonds. The van der Waals surface area contributed by atoms with Crippen molar-refractivity contribution in [3.05, 3.63) is 47.7 Å². The molecule has 180 valence electrons. The van der Waals surface area contributed by atoms with E-state index in [1.807, 2.05) is 12.4 Å². The summed E-state index contributed by atoms with van der Waals surface area (Å²) >= 11 is 0. The van der Waals surface area contributed by atoms with Crippen molar-refractivity contribution in [3.63, 3.8) is 0 Å². The fraction of sp³-hybridized carbons (Fsp3) is 0.577. The topological polar surface area (TPSA) is 85.0 Å². The van der Waals surface area contributed by atoms with Gasteiger partial charge >= 0.3 is 0 Å². The van der Waals surface area contributed by atoms with Crippen LogP contribution in [0.1, 0.15) is 67.4 Å². The van der Waals surface area contributed by atoms with E-state index in [2.05, 4.69) is 68.0 Å². The lowest BCUT2D eigenvalue weighted by molar-refractivity contribution is 0.274.